The van der Waals surface area contributed by atoms with Crippen molar-refractivity contribution in [2.24, 2.45) is 5.73 Å². The summed E-state index contributed by atoms with van der Waals surface area (Å²) < 4.78 is 25.3. The summed E-state index contributed by atoms with van der Waals surface area (Å²) in [7, 11) is 1.29. The van der Waals surface area contributed by atoms with Gasteiger partial charge in [-0.15, -0.1) is 0 Å². The van der Waals surface area contributed by atoms with Gasteiger partial charge < -0.3 is 44.9 Å². The number of rotatable bonds is 15. The van der Waals surface area contributed by atoms with Crippen LogP contribution in [0.2, 0.25) is 5.02 Å². The first-order chi connectivity index (χ1) is 25.9. The summed E-state index contributed by atoms with van der Waals surface area (Å²) in [5.74, 6) is -7.50. The number of esters is 4. The van der Waals surface area contributed by atoms with E-state index in [1.165, 1.54) is 55.6 Å². The fourth-order valence-electron chi connectivity index (χ4n) is 5.12. The quantitative estimate of drug-likeness (QED) is 0.0978. The van der Waals surface area contributed by atoms with E-state index in [2.05, 4.69) is 5.32 Å². The van der Waals surface area contributed by atoms with Crippen LogP contribution in [0, 0.1) is 0 Å². The molecule has 0 radical (unpaired) electrons. The van der Waals surface area contributed by atoms with Gasteiger partial charge in [-0.3, -0.25) is 0 Å². The second-order valence-corrected chi connectivity index (χ2v) is 11.5. The number of carboxylic acid groups (broad SMARTS) is 2. The molecule has 1 aliphatic rings. The predicted octanol–water partition coefficient (Wildman–Crippen LogP) is 3.87. The molecule has 3 atom stereocenters. The van der Waals surface area contributed by atoms with Gasteiger partial charge in [0.2, 0.25) is 12.2 Å². The number of aliphatic carboxylic acids is 2. The van der Waals surface area contributed by atoms with Crippen molar-refractivity contribution in [3.05, 3.63) is 129 Å². The molecule has 15 nitrogen and oxygen atoms in total. The summed E-state index contributed by atoms with van der Waals surface area (Å²) in [6.45, 7) is 4.42. The molecule has 0 unspecified atom stereocenters. The molecule has 16 heteroatoms. The lowest BCUT2D eigenvalue weighted by molar-refractivity contribution is -0.166. The van der Waals surface area contributed by atoms with Crippen LogP contribution in [-0.4, -0.2) is 91.7 Å². The van der Waals surface area contributed by atoms with Crippen molar-refractivity contribution in [2.75, 3.05) is 33.5 Å². The SMILES string of the molecule is CCOC(=O)C1=C(COCCN)NC(C)=C(C(=O)OC)[C@H]1c1ccccc1Cl.O=C(O[C@H](C(=O)O)[C@@H](OC(=O)c1ccccc1)C(=O)O)c1ccccc1. The number of carbonyl (C=O) groups is 6. The molecule has 3 aromatic carbocycles. The van der Waals surface area contributed by atoms with Gasteiger partial charge in [0.05, 0.1) is 60.8 Å². The molecule has 5 N–H and O–H groups in total. The molecule has 0 saturated carbocycles. The highest BCUT2D eigenvalue weighted by Gasteiger charge is 2.41. The lowest BCUT2D eigenvalue weighted by Crippen LogP contribution is -2.45. The summed E-state index contributed by atoms with van der Waals surface area (Å²) >= 11 is 6.42. The Morgan fingerprint density at radius 1 is 0.759 bits per heavy atom. The van der Waals surface area contributed by atoms with Gasteiger partial charge >= 0.3 is 35.8 Å². The third-order valence-electron chi connectivity index (χ3n) is 7.52. The molecule has 54 heavy (non-hydrogen) atoms. The van der Waals surface area contributed by atoms with Crippen LogP contribution in [0.25, 0.3) is 0 Å². The molecule has 4 rings (SSSR count). The molecule has 0 bridgehead atoms. The highest BCUT2D eigenvalue weighted by Crippen LogP contribution is 2.41. The number of hydrogen-bond acceptors (Lipinski definition) is 13. The van der Waals surface area contributed by atoms with Crippen molar-refractivity contribution in [1.29, 1.82) is 0 Å². The first-order valence-electron chi connectivity index (χ1n) is 16.3. The van der Waals surface area contributed by atoms with Crippen LogP contribution in [0.1, 0.15) is 46.0 Å². The number of ether oxygens (including phenoxy) is 5. The van der Waals surface area contributed by atoms with E-state index in [0.29, 0.717) is 40.7 Å². The number of carboxylic acids is 2. The van der Waals surface area contributed by atoms with Gasteiger partial charge in [-0.05, 0) is 49.7 Å². The van der Waals surface area contributed by atoms with Crippen molar-refractivity contribution in [1.82, 2.24) is 5.32 Å². The fraction of sp³-hybridized carbons (Fsp3) is 0.263. The lowest BCUT2D eigenvalue weighted by Gasteiger charge is -2.31. The lowest BCUT2D eigenvalue weighted by atomic mass is 9.80. The van der Waals surface area contributed by atoms with E-state index in [4.69, 9.17) is 41.0 Å². The van der Waals surface area contributed by atoms with Crippen LogP contribution in [0.3, 0.4) is 0 Å². The van der Waals surface area contributed by atoms with Crippen LogP contribution in [-0.2, 0) is 42.9 Å². The minimum Gasteiger partial charge on any atom is -0.478 e. The third kappa shape index (κ3) is 11.2. The number of methoxy groups -OCH3 is 1. The monoisotopic (exact) mass is 766 g/mol. The Bertz CT molecular complexity index is 1810. The van der Waals surface area contributed by atoms with Gasteiger partial charge in [-0.2, -0.15) is 0 Å². The molecule has 3 aromatic rings. The summed E-state index contributed by atoms with van der Waals surface area (Å²) in [4.78, 5) is 72.3. The van der Waals surface area contributed by atoms with E-state index < -0.39 is 53.9 Å². The molecular formula is C38H39ClN2O13. The minimum atomic E-state index is -2.21. The van der Waals surface area contributed by atoms with Crippen LogP contribution >= 0.6 is 11.6 Å². The van der Waals surface area contributed by atoms with Crippen molar-refractivity contribution in [3.63, 3.8) is 0 Å². The Hall–Kier alpha value is -6.03. The van der Waals surface area contributed by atoms with E-state index >= 15 is 0 Å². The summed E-state index contributed by atoms with van der Waals surface area (Å²) in [6.07, 6.45) is -4.43. The minimum absolute atomic E-state index is 0.0253. The van der Waals surface area contributed by atoms with Crippen molar-refractivity contribution < 1.29 is 62.7 Å². The zero-order chi connectivity index (χ0) is 39.8. The van der Waals surface area contributed by atoms with Crippen LogP contribution in [0.5, 0.6) is 0 Å². The van der Waals surface area contributed by atoms with Gasteiger partial charge in [0, 0.05) is 17.3 Å². The number of benzene rings is 3. The molecule has 0 aromatic heterocycles. The Kier molecular flexibility index (Phi) is 16.4. The molecule has 0 spiro atoms. The Balaban J connectivity index is 0.000000291. The second kappa shape index (κ2) is 20.9. The van der Waals surface area contributed by atoms with Gasteiger partial charge in [0.1, 0.15) is 0 Å². The molecular weight excluding hydrogens is 728 g/mol. The third-order valence-corrected chi connectivity index (χ3v) is 7.86. The Labute approximate surface area is 315 Å². The molecule has 286 valence electrons. The normalized spacial score (nSPS) is 14.6. The molecule has 0 fully saturated rings. The molecule has 1 heterocycles. The number of nitrogens with one attached hydrogen (secondary N) is 1. The Morgan fingerprint density at radius 3 is 1.70 bits per heavy atom. The summed E-state index contributed by atoms with van der Waals surface area (Å²) in [5, 5.41) is 22.0. The number of allylic oxidation sites excluding steroid dienone is 1. The Morgan fingerprint density at radius 2 is 1.26 bits per heavy atom. The van der Waals surface area contributed by atoms with Gasteiger partial charge in [-0.25, -0.2) is 28.8 Å². The standard InChI is InChI=1S/C20H25ClN2O5.C18H14O8/c1-4-28-20(25)18-15(11-27-10-9-22)23-12(2)16(19(24)26-3)17(18)13-7-5-6-8-14(13)21;19-15(20)13(25-17(23)11-7-3-1-4-8-11)14(16(21)22)26-18(24)12-9-5-2-6-10-12/h5-8,17,23H,4,9-11,22H2,1-3H3;1-10,13-14H,(H,19,20)(H,21,22)/t17-;13-,14+/m1./s1. The topological polar surface area (TPSA) is 227 Å². The number of carbonyl (C=O) groups excluding carboxylic acids is 4. The van der Waals surface area contributed by atoms with Gasteiger partial charge in [0.25, 0.3) is 0 Å². The summed E-state index contributed by atoms with van der Waals surface area (Å²) in [6, 6.07) is 21.9. The predicted molar refractivity (Wildman–Crippen MR) is 192 cm³/mol. The number of nitrogens with two attached hydrogens (primary N) is 1. The first kappa shape index (κ1) is 42.4. The molecule has 0 amide bonds. The molecule has 1 aliphatic heterocycles. The smallest absolute Gasteiger partial charge is 0.349 e. The van der Waals surface area contributed by atoms with Crippen LogP contribution < -0.4 is 11.1 Å². The maximum absolute atomic E-state index is 12.9. The first-order valence-corrected chi connectivity index (χ1v) is 16.7. The highest BCUT2D eigenvalue weighted by molar-refractivity contribution is 6.31. The van der Waals surface area contributed by atoms with E-state index in [9.17, 15) is 39.0 Å². The van der Waals surface area contributed by atoms with E-state index in [0.717, 1.165) is 0 Å². The number of hydrogen-bond donors (Lipinski definition) is 4. The van der Waals surface area contributed by atoms with E-state index in [-0.39, 0.29) is 29.9 Å². The zero-order valence-electron chi connectivity index (χ0n) is 29.5. The highest BCUT2D eigenvalue weighted by atomic mass is 35.5. The average molecular weight is 767 g/mol. The van der Waals surface area contributed by atoms with E-state index in [1.807, 2.05) is 0 Å². The maximum atomic E-state index is 12.9. The number of halogens is 1. The van der Waals surface area contributed by atoms with Crippen molar-refractivity contribution in [3.8, 4) is 0 Å². The van der Waals surface area contributed by atoms with Gasteiger partial charge in [0.15, 0.2) is 0 Å². The van der Waals surface area contributed by atoms with E-state index in [1.54, 1.807) is 50.2 Å². The fourth-order valence-corrected chi connectivity index (χ4v) is 5.36. The second-order valence-electron chi connectivity index (χ2n) is 11.1. The largest absolute Gasteiger partial charge is 0.478 e. The van der Waals surface area contributed by atoms with Gasteiger partial charge in [-0.1, -0.05) is 66.2 Å². The molecule has 0 aliphatic carbocycles. The van der Waals surface area contributed by atoms with Crippen LogP contribution in [0.15, 0.2) is 107 Å². The van der Waals surface area contributed by atoms with Crippen LogP contribution in [0.4, 0.5) is 0 Å². The van der Waals surface area contributed by atoms with Crippen molar-refractivity contribution in [2.45, 2.75) is 32.0 Å². The maximum Gasteiger partial charge on any atom is 0.349 e. The average Bonchev–Trinajstić information content (AvgIpc) is 3.16. The van der Waals surface area contributed by atoms with Crippen molar-refractivity contribution >= 4 is 47.4 Å². The molecule has 0 saturated heterocycles. The zero-order valence-corrected chi connectivity index (χ0v) is 30.2. The number of dihydropyridines is 1. The summed E-state index contributed by atoms with van der Waals surface area (Å²) in [5.41, 5.74) is 7.75.